The van der Waals surface area contributed by atoms with Gasteiger partial charge in [-0.25, -0.2) is 0 Å². The quantitative estimate of drug-likeness (QED) is 0.642. The molecule has 0 bridgehead atoms. The van der Waals surface area contributed by atoms with Gasteiger partial charge in [0.15, 0.2) is 0 Å². The third-order valence-electron chi connectivity index (χ3n) is 2.43. The van der Waals surface area contributed by atoms with E-state index in [0.29, 0.717) is 6.04 Å². The van der Waals surface area contributed by atoms with Crippen LogP contribution in [0.25, 0.3) is 0 Å². The molecule has 0 aromatic heterocycles. The Kier molecular flexibility index (Phi) is 6.43. The van der Waals surface area contributed by atoms with Crippen LogP contribution in [0.3, 0.4) is 0 Å². The van der Waals surface area contributed by atoms with E-state index < -0.39 is 0 Å². The molecule has 0 saturated heterocycles. The van der Waals surface area contributed by atoms with E-state index in [-0.39, 0.29) is 0 Å². The first-order chi connectivity index (χ1) is 7.69. The monoisotopic (exact) mass is 303 g/mol. The molecule has 0 aliphatic carbocycles. The Hall–Kier alpha value is -0.0300. The van der Waals surface area contributed by atoms with Crippen molar-refractivity contribution in [2.24, 2.45) is 0 Å². The Morgan fingerprint density at radius 3 is 2.81 bits per heavy atom. The summed E-state index contributed by atoms with van der Waals surface area (Å²) in [5, 5.41) is 3.24. The fourth-order valence-corrected chi connectivity index (χ4v) is 3.07. The summed E-state index contributed by atoms with van der Waals surface area (Å²) >= 11 is 5.42. The number of thioether (sulfide) groups is 1. The molecule has 1 N–H and O–H groups in total. The predicted molar refractivity (Wildman–Crippen MR) is 74.2 cm³/mol. The zero-order valence-electron chi connectivity index (χ0n) is 9.92. The van der Waals surface area contributed by atoms with Crippen LogP contribution in [0, 0.1) is 0 Å². The van der Waals surface area contributed by atoms with Crippen LogP contribution in [-0.4, -0.2) is 26.5 Å². The molecular weight excluding hydrogens is 286 g/mol. The molecule has 4 heteroatoms. The van der Waals surface area contributed by atoms with Gasteiger partial charge in [-0.15, -0.1) is 11.8 Å². The van der Waals surface area contributed by atoms with Gasteiger partial charge in [0, 0.05) is 28.3 Å². The molecule has 0 aliphatic rings. The molecule has 2 nitrogen and oxygen atoms in total. The van der Waals surface area contributed by atoms with Crippen molar-refractivity contribution in [3.63, 3.8) is 0 Å². The van der Waals surface area contributed by atoms with Gasteiger partial charge in [-0.2, -0.15) is 0 Å². The van der Waals surface area contributed by atoms with E-state index in [0.717, 1.165) is 16.8 Å². The van der Waals surface area contributed by atoms with E-state index in [2.05, 4.69) is 46.4 Å². The van der Waals surface area contributed by atoms with Crippen molar-refractivity contribution >= 4 is 27.7 Å². The van der Waals surface area contributed by atoms with Crippen LogP contribution in [0.4, 0.5) is 0 Å². The number of methoxy groups -OCH3 is 1. The van der Waals surface area contributed by atoms with Crippen molar-refractivity contribution in [2.45, 2.75) is 17.9 Å². The summed E-state index contributed by atoms with van der Waals surface area (Å²) in [7, 11) is 3.70. The van der Waals surface area contributed by atoms with Crippen molar-refractivity contribution in [3.05, 3.63) is 28.2 Å². The Bertz CT molecular complexity index is 333. The Labute approximate surface area is 110 Å². The lowest BCUT2D eigenvalue weighted by molar-refractivity contribution is 0.218. The molecular formula is C12H18BrNOS. The number of halogens is 1. The van der Waals surface area contributed by atoms with Crippen LogP contribution in [0.5, 0.6) is 0 Å². The van der Waals surface area contributed by atoms with Gasteiger partial charge in [0.05, 0.1) is 6.61 Å². The lowest BCUT2D eigenvalue weighted by Crippen LogP contribution is -2.12. The van der Waals surface area contributed by atoms with Crippen LogP contribution in [-0.2, 0) is 4.74 Å². The second-order valence-corrected chi connectivity index (χ2v) is 5.56. The first-order valence-electron chi connectivity index (χ1n) is 5.27. The Morgan fingerprint density at radius 1 is 1.50 bits per heavy atom. The van der Waals surface area contributed by atoms with Gasteiger partial charge in [-0.05, 0) is 31.7 Å². The predicted octanol–water partition coefficient (Wildman–Crippen LogP) is 3.47. The topological polar surface area (TPSA) is 21.3 Å². The molecule has 0 saturated carbocycles. The summed E-state index contributed by atoms with van der Waals surface area (Å²) < 4.78 is 6.19. The van der Waals surface area contributed by atoms with Gasteiger partial charge in [0.1, 0.15) is 0 Å². The highest BCUT2D eigenvalue weighted by Crippen LogP contribution is 2.28. The Balaban J connectivity index is 2.67. The van der Waals surface area contributed by atoms with Crippen molar-refractivity contribution in [2.75, 3.05) is 26.5 Å². The van der Waals surface area contributed by atoms with E-state index in [4.69, 9.17) is 4.74 Å². The maximum Gasteiger partial charge on any atom is 0.0556 e. The smallest absolute Gasteiger partial charge is 0.0556 e. The molecule has 0 fully saturated rings. The van der Waals surface area contributed by atoms with Crippen molar-refractivity contribution < 1.29 is 4.74 Å². The molecule has 0 heterocycles. The van der Waals surface area contributed by atoms with Crippen LogP contribution in [0.15, 0.2) is 27.6 Å². The molecule has 1 atom stereocenters. The summed E-state index contributed by atoms with van der Waals surface area (Å²) in [6.45, 7) is 2.94. The third kappa shape index (κ3) is 4.09. The Morgan fingerprint density at radius 2 is 2.25 bits per heavy atom. The maximum atomic E-state index is 5.03. The van der Waals surface area contributed by atoms with E-state index in [1.807, 2.05) is 18.8 Å². The lowest BCUT2D eigenvalue weighted by Gasteiger charge is -2.13. The molecule has 1 aromatic carbocycles. The zero-order valence-corrected chi connectivity index (χ0v) is 12.3. The van der Waals surface area contributed by atoms with Gasteiger partial charge in [0.2, 0.25) is 0 Å². The van der Waals surface area contributed by atoms with E-state index in [1.54, 1.807) is 7.11 Å². The molecule has 0 aliphatic heterocycles. The van der Waals surface area contributed by atoms with Gasteiger partial charge in [0.25, 0.3) is 0 Å². The van der Waals surface area contributed by atoms with Crippen LogP contribution in [0.1, 0.15) is 18.5 Å². The highest BCUT2D eigenvalue weighted by Gasteiger charge is 2.07. The van der Waals surface area contributed by atoms with Crippen molar-refractivity contribution in [1.29, 1.82) is 0 Å². The molecule has 90 valence electrons. The number of hydrogen-bond donors (Lipinski definition) is 1. The molecule has 1 aromatic rings. The number of ether oxygens (including phenoxy) is 1. The SMILES string of the molecule is CNC(C)c1ccc(SCCOC)cc1Br. The highest BCUT2D eigenvalue weighted by atomic mass is 79.9. The largest absolute Gasteiger partial charge is 0.384 e. The summed E-state index contributed by atoms with van der Waals surface area (Å²) in [4.78, 5) is 1.27. The van der Waals surface area contributed by atoms with Gasteiger partial charge in [-0.1, -0.05) is 22.0 Å². The maximum absolute atomic E-state index is 5.03. The van der Waals surface area contributed by atoms with Gasteiger partial charge >= 0.3 is 0 Å². The van der Waals surface area contributed by atoms with Crippen LogP contribution < -0.4 is 5.32 Å². The summed E-state index contributed by atoms with van der Waals surface area (Å²) in [5.74, 6) is 0.990. The van der Waals surface area contributed by atoms with Gasteiger partial charge in [-0.3, -0.25) is 0 Å². The van der Waals surface area contributed by atoms with Crippen LogP contribution >= 0.6 is 27.7 Å². The zero-order chi connectivity index (χ0) is 12.0. The standard InChI is InChI=1S/C12H18BrNOS/c1-9(14-2)11-5-4-10(8-12(11)13)16-7-6-15-3/h4-5,8-9,14H,6-7H2,1-3H3. The first kappa shape index (κ1) is 14.0. The number of benzene rings is 1. The van der Waals surface area contributed by atoms with Crippen LogP contribution in [0.2, 0.25) is 0 Å². The number of nitrogens with one attached hydrogen (secondary N) is 1. The second-order valence-electron chi connectivity index (χ2n) is 3.53. The molecule has 0 radical (unpaired) electrons. The lowest BCUT2D eigenvalue weighted by atomic mass is 10.1. The highest BCUT2D eigenvalue weighted by molar-refractivity contribution is 9.10. The molecule has 1 unspecified atom stereocenters. The fourth-order valence-electron chi connectivity index (χ4n) is 1.35. The summed E-state index contributed by atoms with van der Waals surface area (Å²) in [6, 6.07) is 6.87. The average Bonchev–Trinajstić information content (AvgIpc) is 2.29. The van der Waals surface area contributed by atoms with Crippen molar-refractivity contribution in [3.8, 4) is 0 Å². The fraction of sp³-hybridized carbons (Fsp3) is 0.500. The molecule has 16 heavy (non-hydrogen) atoms. The van der Waals surface area contributed by atoms with E-state index in [9.17, 15) is 0 Å². The summed E-state index contributed by atoms with van der Waals surface area (Å²) in [5.41, 5.74) is 1.29. The second kappa shape index (κ2) is 7.33. The molecule has 1 rings (SSSR count). The number of rotatable bonds is 6. The average molecular weight is 304 g/mol. The molecule has 0 spiro atoms. The van der Waals surface area contributed by atoms with Crippen molar-refractivity contribution in [1.82, 2.24) is 5.32 Å². The first-order valence-corrected chi connectivity index (χ1v) is 7.05. The normalized spacial score (nSPS) is 12.8. The van der Waals surface area contributed by atoms with E-state index >= 15 is 0 Å². The minimum atomic E-state index is 0.368. The molecule has 0 amide bonds. The van der Waals surface area contributed by atoms with Gasteiger partial charge < -0.3 is 10.1 Å². The summed E-state index contributed by atoms with van der Waals surface area (Å²) in [6.07, 6.45) is 0. The van der Waals surface area contributed by atoms with E-state index in [1.165, 1.54) is 10.5 Å². The number of hydrogen-bond acceptors (Lipinski definition) is 3. The third-order valence-corrected chi connectivity index (χ3v) is 4.07. The minimum Gasteiger partial charge on any atom is -0.384 e. The minimum absolute atomic E-state index is 0.368.